The molecular weight excluding hydrogens is 481 g/mol. The van der Waals surface area contributed by atoms with Crippen LogP contribution in [0.4, 0.5) is 0 Å². The van der Waals surface area contributed by atoms with Crippen LogP contribution in [0, 0.1) is 6.92 Å². The molecule has 1 aliphatic heterocycles. The van der Waals surface area contributed by atoms with Crippen LogP contribution in [-0.2, 0) is 11.3 Å². The van der Waals surface area contributed by atoms with Crippen molar-refractivity contribution in [1.82, 2.24) is 20.5 Å². The third-order valence-corrected chi connectivity index (χ3v) is 6.21. The van der Waals surface area contributed by atoms with Crippen molar-refractivity contribution in [3.8, 4) is 0 Å². The van der Waals surface area contributed by atoms with E-state index in [9.17, 15) is 0 Å². The van der Waals surface area contributed by atoms with Crippen molar-refractivity contribution in [3.05, 3.63) is 38.5 Å². The predicted octanol–water partition coefficient (Wildman–Crippen LogP) is 2.87. The number of rotatable bonds is 6. The zero-order valence-electron chi connectivity index (χ0n) is 15.1. The number of nitrogens with zero attached hydrogens (tertiary/aromatic N) is 3. The van der Waals surface area contributed by atoms with Gasteiger partial charge in [0, 0.05) is 36.4 Å². The molecule has 1 saturated heterocycles. The van der Waals surface area contributed by atoms with Crippen molar-refractivity contribution in [3.63, 3.8) is 0 Å². The Bertz CT molecular complexity index is 671. The molecule has 0 bridgehead atoms. The van der Waals surface area contributed by atoms with Crippen molar-refractivity contribution in [1.29, 1.82) is 0 Å². The number of aliphatic imine (C=N–C) groups is 1. The fraction of sp³-hybridized carbons (Fsp3) is 0.529. The van der Waals surface area contributed by atoms with Crippen molar-refractivity contribution in [2.24, 2.45) is 4.99 Å². The quantitative estimate of drug-likeness (QED) is 0.358. The number of guanidine groups is 1. The van der Waals surface area contributed by atoms with Crippen LogP contribution in [0.25, 0.3) is 0 Å². The van der Waals surface area contributed by atoms with Gasteiger partial charge in [0.15, 0.2) is 5.96 Å². The molecule has 2 aromatic heterocycles. The Balaban J connectivity index is 0.00000243. The molecule has 1 aliphatic rings. The third kappa shape index (κ3) is 5.88. The minimum Gasteiger partial charge on any atom is -0.379 e. The Morgan fingerprint density at radius 1 is 1.35 bits per heavy atom. The lowest BCUT2D eigenvalue weighted by Crippen LogP contribution is -2.46. The molecule has 1 fully saturated rings. The second-order valence-electron chi connectivity index (χ2n) is 5.85. The Hall–Kier alpha value is -0.750. The van der Waals surface area contributed by atoms with Gasteiger partial charge in [0.2, 0.25) is 0 Å². The van der Waals surface area contributed by atoms with Gasteiger partial charge in [-0.05, 0) is 18.4 Å². The zero-order valence-corrected chi connectivity index (χ0v) is 19.1. The van der Waals surface area contributed by atoms with Crippen LogP contribution in [0.15, 0.2) is 28.0 Å². The van der Waals surface area contributed by atoms with Gasteiger partial charge in [-0.15, -0.1) is 46.7 Å². The second kappa shape index (κ2) is 11.2. The number of morpholine rings is 1. The summed E-state index contributed by atoms with van der Waals surface area (Å²) in [6.07, 6.45) is 0. The Kier molecular flexibility index (Phi) is 9.26. The van der Waals surface area contributed by atoms with E-state index in [-0.39, 0.29) is 24.0 Å². The SMILES string of the molecule is CN=C(NCc1scnc1C)NCC(c1cccs1)N1CCOCC1.I. The molecule has 0 spiro atoms. The van der Waals surface area contributed by atoms with Gasteiger partial charge in [-0.25, -0.2) is 4.98 Å². The van der Waals surface area contributed by atoms with Crippen LogP contribution in [-0.4, -0.2) is 55.7 Å². The number of thiazole rings is 1. The van der Waals surface area contributed by atoms with E-state index in [1.165, 1.54) is 9.75 Å². The number of thiophene rings is 1. The summed E-state index contributed by atoms with van der Waals surface area (Å²) in [5.74, 6) is 0.822. The molecule has 26 heavy (non-hydrogen) atoms. The first-order chi connectivity index (χ1) is 12.3. The fourth-order valence-corrected chi connectivity index (χ4v) is 4.43. The van der Waals surface area contributed by atoms with Gasteiger partial charge >= 0.3 is 0 Å². The first kappa shape index (κ1) is 21.5. The average molecular weight is 507 g/mol. The summed E-state index contributed by atoms with van der Waals surface area (Å²) in [6, 6.07) is 4.67. The summed E-state index contributed by atoms with van der Waals surface area (Å²) in [5, 5.41) is 9.01. The first-order valence-electron chi connectivity index (χ1n) is 8.46. The lowest BCUT2D eigenvalue weighted by Gasteiger charge is -2.34. The molecule has 2 N–H and O–H groups in total. The van der Waals surface area contributed by atoms with Crippen LogP contribution in [0.3, 0.4) is 0 Å². The lowest BCUT2D eigenvalue weighted by atomic mass is 10.2. The molecule has 6 nitrogen and oxygen atoms in total. The molecular formula is C17H26IN5OS2. The molecule has 3 heterocycles. The molecule has 3 rings (SSSR count). The molecule has 144 valence electrons. The minimum atomic E-state index is 0. The van der Waals surface area contributed by atoms with E-state index in [4.69, 9.17) is 4.74 Å². The highest BCUT2D eigenvalue weighted by Gasteiger charge is 2.23. The fourth-order valence-electron chi connectivity index (χ4n) is 2.85. The van der Waals surface area contributed by atoms with E-state index in [0.717, 1.165) is 51.0 Å². The molecule has 1 unspecified atom stereocenters. The lowest BCUT2D eigenvalue weighted by molar-refractivity contribution is 0.0177. The molecule has 0 saturated carbocycles. The summed E-state index contributed by atoms with van der Waals surface area (Å²) < 4.78 is 5.51. The van der Waals surface area contributed by atoms with E-state index in [1.54, 1.807) is 11.3 Å². The van der Waals surface area contributed by atoms with Gasteiger partial charge in [-0.3, -0.25) is 9.89 Å². The number of hydrogen-bond acceptors (Lipinski definition) is 6. The maximum atomic E-state index is 5.51. The maximum absolute atomic E-state index is 5.51. The summed E-state index contributed by atoms with van der Waals surface area (Å²) >= 11 is 3.48. The topological polar surface area (TPSA) is 61.8 Å². The maximum Gasteiger partial charge on any atom is 0.191 e. The summed E-state index contributed by atoms with van der Waals surface area (Å²) in [5.41, 5.74) is 2.96. The summed E-state index contributed by atoms with van der Waals surface area (Å²) in [4.78, 5) is 13.8. The van der Waals surface area contributed by atoms with Crippen molar-refractivity contribution >= 4 is 52.6 Å². The van der Waals surface area contributed by atoms with Gasteiger partial charge in [0.05, 0.1) is 37.0 Å². The Morgan fingerprint density at radius 3 is 2.77 bits per heavy atom. The highest BCUT2D eigenvalue weighted by Crippen LogP contribution is 2.25. The Labute approximate surface area is 180 Å². The van der Waals surface area contributed by atoms with Crippen molar-refractivity contribution in [2.75, 3.05) is 39.9 Å². The number of nitrogens with one attached hydrogen (secondary N) is 2. The van der Waals surface area contributed by atoms with Crippen molar-refractivity contribution in [2.45, 2.75) is 19.5 Å². The zero-order chi connectivity index (χ0) is 17.5. The van der Waals surface area contributed by atoms with Gasteiger partial charge in [-0.1, -0.05) is 6.07 Å². The van der Waals surface area contributed by atoms with Gasteiger partial charge < -0.3 is 15.4 Å². The average Bonchev–Trinajstić information content (AvgIpc) is 3.31. The largest absolute Gasteiger partial charge is 0.379 e. The van der Waals surface area contributed by atoms with Crippen LogP contribution in [0.1, 0.15) is 21.5 Å². The van der Waals surface area contributed by atoms with Crippen molar-refractivity contribution < 1.29 is 4.74 Å². The number of aryl methyl sites for hydroxylation is 1. The van der Waals surface area contributed by atoms with Crippen LogP contribution in [0.2, 0.25) is 0 Å². The molecule has 1 atom stereocenters. The normalized spacial score (nSPS) is 16.8. The number of halogens is 1. The van der Waals surface area contributed by atoms with Crippen LogP contribution >= 0.6 is 46.7 Å². The first-order valence-corrected chi connectivity index (χ1v) is 10.2. The molecule has 0 aromatic carbocycles. The van der Waals surface area contributed by atoms with E-state index in [1.807, 2.05) is 30.8 Å². The molecule has 2 aromatic rings. The second-order valence-corrected chi connectivity index (χ2v) is 7.77. The monoisotopic (exact) mass is 507 g/mol. The number of ether oxygens (including phenoxy) is 1. The smallest absolute Gasteiger partial charge is 0.191 e. The highest BCUT2D eigenvalue weighted by molar-refractivity contribution is 14.0. The van der Waals surface area contributed by atoms with E-state index in [0.29, 0.717) is 6.04 Å². The molecule has 9 heteroatoms. The molecule has 0 radical (unpaired) electrons. The molecule has 0 aliphatic carbocycles. The van der Waals surface area contributed by atoms with Crippen LogP contribution in [0.5, 0.6) is 0 Å². The van der Waals surface area contributed by atoms with E-state index >= 15 is 0 Å². The van der Waals surface area contributed by atoms with Gasteiger partial charge in [-0.2, -0.15) is 0 Å². The third-order valence-electron chi connectivity index (χ3n) is 4.31. The predicted molar refractivity (Wildman–Crippen MR) is 120 cm³/mol. The van der Waals surface area contributed by atoms with Gasteiger partial charge in [0.1, 0.15) is 0 Å². The van der Waals surface area contributed by atoms with E-state index in [2.05, 4.69) is 43.0 Å². The summed E-state index contributed by atoms with van der Waals surface area (Å²) in [6.45, 7) is 7.15. The molecule has 0 amide bonds. The highest BCUT2D eigenvalue weighted by atomic mass is 127. The standard InChI is InChI=1S/C17H25N5OS2.HI/c1-13-16(25-12-21-13)11-20-17(18-2)19-10-14(15-4-3-9-24-15)22-5-7-23-8-6-22;/h3-4,9,12,14H,5-8,10-11H2,1-2H3,(H2,18,19,20);1H. The summed E-state index contributed by atoms with van der Waals surface area (Å²) in [7, 11) is 1.81. The van der Waals surface area contributed by atoms with E-state index < -0.39 is 0 Å². The number of hydrogen-bond donors (Lipinski definition) is 2. The Morgan fingerprint density at radius 2 is 2.15 bits per heavy atom. The number of aromatic nitrogens is 1. The van der Waals surface area contributed by atoms with Crippen LogP contribution < -0.4 is 10.6 Å². The minimum absolute atomic E-state index is 0. The van der Waals surface area contributed by atoms with Gasteiger partial charge in [0.25, 0.3) is 0 Å².